The molecule has 1 saturated heterocycles. The van der Waals surface area contributed by atoms with E-state index in [2.05, 4.69) is 10.5 Å². The van der Waals surface area contributed by atoms with Crippen molar-refractivity contribution in [3.63, 3.8) is 0 Å². The third-order valence-corrected chi connectivity index (χ3v) is 6.07. The van der Waals surface area contributed by atoms with E-state index in [4.69, 9.17) is 18.7 Å². The standard InChI is InChI=1S/C25H25N3O6/c1-31-18-8-6-17(7-9-18)22-13-19(27-34-22)25(30)28-11-3-2-4-20(28)24(29)26-14-16-5-10-21-23(12-16)33-15-32-21/h5-10,12-13,20H,2-4,11,14-15H2,1H3,(H,26,29). The number of carbonyl (C=O) groups is 2. The third kappa shape index (κ3) is 4.41. The van der Waals surface area contributed by atoms with Crippen LogP contribution >= 0.6 is 0 Å². The molecule has 9 nitrogen and oxygen atoms in total. The molecule has 0 bridgehead atoms. The quantitative estimate of drug-likeness (QED) is 0.598. The number of methoxy groups -OCH3 is 1. The molecule has 2 aliphatic rings. The number of hydrogen-bond acceptors (Lipinski definition) is 7. The van der Waals surface area contributed by atoms with Crippen LogP contribution in [0.5, 0.6) is 17.2 Å². The maximum atomic E-state index is 13.2. The van der Waals surface area contributed by atoms with Gasteiger partial charge in [-0.3, -0.25) is 9.59 Å². The molecule has 3 heterocycles. The van der Waals surface area contributed by atoms with Gasteiger partial charge in [0.25, 0.3) is 5.91 Å². The minimum absolute atomic E-state index is 0.182. The lowest BCUT2D eigenvalue weighted by atomic mass is 10.0. The number of piperidine rings is 1. The molecule has 2 aliphatic heterocycles. The normalized spacial score (nSPS) is 16.9. The lowest BCUT2D eigenvalue weighted by molar-refractivity contribution is -0.126. The Hall–Kier alpha value is -4.01. The molecule has 34 heavy (non-hydrogen) atoms. The number of carbonyl (C=O) groups excluding carboxylic acids is 2. The van der Waals surface area contributed by atoms with E-state index in [1.54, 1.807) is 18.1 Å². The van der Waals surface area contributed by atoms with Crippen LogP contribution in [-0.2, 0) is 11.3 Å². The van der Waals surface area contributed by atoms with E-state index < -0.39 is 6.04 Å². The second-order valence-electron chi connectivity index (χ2n) is 8.22. The van der Waals surface area contributed by atoms with Crippen molar-refractivity contribution in [3.8, 4) is 28.6 Å². The first-order valence-corrected chi connectivity index (χ1v) is 11.2. The van der Waals surface area contributed by atoms with Crippen molar-refractivity contribution in [1.82, 2.24) is 15.4 Å². The van der Waals surface area contributed by atoms with Crippen LogP contribution in [0.25, 0.3) is 11.3 Å². The monoisotopic (exact) mass is 463 g/mol. The van der Waals surface area contributed by atoms with Gasteiger partial charge in [0.2, 0.25) is 12.7 Å². The maximum Gasteiger partial charge on any atom is 0.276 e. The Morgan fingerprint density at radius 2 is 1.91 bits per heavy atom. The summed E-state index contributed by atoms with van der Waals surface area (Å²) in [5, 5.41) is 6.93. The highest BCUT2D eigenvalue weighted by molar-refractivity contribution is 5.96. The van der Waals surface area contributed by atoms with Gasteiger partial charge in [-0.05, 0) is 61.2 Å². The Morgan fingerprint density at radius 3 is 2.74 bits per heavy atom. The lowest BCUT2D eigenvalue weighted by Crippen LogP contribution is -2.51. The van der Waals surface area contributed by atoms with Crippen molar-refractivity contribution in [1.29, 1.82) is 0 Å². The molecule has 0 radical (unpaired) electrons. The Kier molecular flexibility index (Phi) is 6.07. The van der Waals surface area contributed by atoms with Crippen molar-refractivity contribution in [2.75, 3.05) is 20.4 Å². The van der Waals surface area contributed by atoms with Crippen LogP contribution in [0.2, 0.25) is 0 Å². The van der Waals surface area contributed by atoms with Crippen LogP contribution in [-0.4, -0.2) is 48.4 Å². The zero-order valence-electron chi connectivity index (χ0n) is 18.8. The molecule has 2 aromatic carbocycles. The third-order valence-electron chi connectivity index (χ3n) is 6.07. The number of hydrogen-bond donors (Lipinski definition) is 1. The van der Waals surface area contributed by atoms with Crippen LogP contribution in [0.3, 0.4) is 0 Å². The first-order chi connectivity index (χ1) is 16.6. The summed E-state index contributed by atoms with van der Waals surface area (Å²) in [6, 6.07) is 13.9. The molecule has 1 aromatic heterocycles. The van der Waals surface area contributed by atoms with E-state index in [0.717, 1.165) is 29.7 Å². The predicted octanol–water partition coefficient (Wildman–Crippen LogP) is 3.39. The number of rotatable bonds is 6. The molecule has 9 heteroatoms. The summed E-state index contributed by atoms with van der Waals surface area (Å²) in [6.07, 6.45) is 2.31. The van der Waals surface area contributed by atoms with Gasteiger partial charge in [0.1, 0.15) is 11.8 Å². The number of likely N-dealkylation sites (tertiary alicyclic amines) is 1. The Labute approximate surface area is 196 Å². The van der Waals surface area contributed by atoms with Crippen molar-refractivity contribution >= 4 is 11.8 Å². The largest absolute Gasteiger partial charge is 0.497 e. The molecule has 0 saturated carbocycles. The molecule has 0 spiro atoms. The lowest BCUT2D eigenvalue weighted by Gasteiger charge is -2.34. The zero-order chi connectivity index (χ0) is 23.5. The van der Waals surface area contributed by atoms with Gasteiger partial charge in [-0.2, -0.15) is 0 Å². The van der Waals surface area contributed by atoms with Crippen LogP contribution < -0.4 is 19.5 Å². The molecule has 1 fully saturated rings. The van der Waals surface area contributed by atoms with Gasteiger partial charge in [0.15, 0.2) is 23.0 Å². The maximum absolute atomic E-state index is 13.2. The molecule has 2 amide bonds. The Morgan fingerprint density at radius 1 is 1.09 bits per heavy atom. The fourth-order valence-electron chi connectivity index (χ4n) is 4.22. The van der Waals surface area contributed by atoms with E-state index in [0.29, 0.717) is 36.8 Å². The molecule has 3 aromatic rings. The first kappa shape index (κ1) is 21.8. The van der Waals surface area contributed by atoms with Gasteiger partial charge >= 0.3 is 0 Å². The number of benzene rings is 2. The number of nitrogens with zero attached hydrogens (tertiary/aromatic N) is 2. The Balaban J connectivity index is 1.26. The molecular formula is C25H25N3O6. The average molecular weight is 463 g/mol. The number of nitrogens with one attached hydrogen (secondary N) is 1. The van der Waals surface area contributed by atoms with Gasteiger partial charge in [0.05, 0.1) is 7.11 Å². The molecule has 0 aliphatic carbocycles. The second kappa shape index (κ2) is 9.46. The highest BCUT2D eigenvalue weighted by Gasteiger charge is 2.34. The van der Waals surface area contributed by atoms with E-state index in [9.17, 15) is 9.59 Å². The fourth-order valence-corrected chi connectivity index (χ4v) is 4.22. The topological polar surface area (TPSA) is 103 Å². The zero-order valence-corrected chi connectivity index (χ0v) is 18.8. The minimum atomic E-state index is -0.559. The summed E-state index contributed by atoms with van der Waals surface area (Å²) < 4.78 is 21.3. The number of amides is 2. The van der Waals surface area contributed by atoms with Crippen molar-refractivity contribution in [3.05, 3.63) is 59.8 Å². The number of ether oxygens (including phenoxy) is 3. The first-order valence-electron chi connectivity index (χ1n) is 11.2. The molecule has 1 atom stereocenters. The van der Waals surface area contributed by atoms with Gasteiger partial charge < -0.3 is 29.0 Å². The molecule has 176 valence electrons. The highest BCUT2D eigenvalue weighted by atomic mass is 16.7. The summed E-state index contributed by atoms with van der Waals surface area (Å²) in [5.74, 6) is 2.06. The average Bonchev–Trinajstić information content (AvgIpc) is 3.56. The highest BCUT2D eigenvalue weighted by Crippen LogP contribution is 2.32. The molecule has 1 unspecified atom stereocenters. The molecule has 1 N–H and O–H groups in total. The van der Waals surface area contributed by atoms with Crippen molar-refractivity contribution < 1.29 is 28.3 Å². The Bertz CT molecular complexity index is 1190. The van der Waals surface area contributed by atoms with Gasteiger partial charge in [0, 0.05) is 24.7 Å². The molecule has 5 rings (SSSR count). The summed E-state index contributed by atoms with van der Waals surface area (Å²) in [4.78, 5) is 27.8. The second-order valence-corrected chi connectivity index (χ2v) is 8.22. The van der Waals surface area contributed by atoms with E-state index >= 15 is 0 Å². The molecular weight excluding hydrogens is 438 g/mol. The summed E-state index contributed by atoms with van der Waals surface area (Å²) in [6.45, 7) is 1.03. The predicted molar refractivity (Wildman–Crippen MR) is 122 cm³/mol. The SMILES string of the molecule is COc1ccc(-c2cc(C(=O)N3CCCCC3C(=O)NCc3ccc4c(c3)OCO4)no2)cc1. The number of fused-ring (bicyclic) bond motifs is 1. The fraction of sp³-hybridized carbons (Fsp3) is 0.320. The van der Waals surface area contributed by atoms with Crippen LogP contribution in [0.1, 0.15) is 35.3 Å². The smallest absolute Gasteiger partial charge is 0.276 e. The minimum Gasteiger partial charge on any atom is -0.497 e. The van der Waals surface area contributed by atoms with Crippen molar-refractivity contribution in [2.24, 2.45) is 0 Å². The summed E-state index contributed by atoms with van der Waals surface area (Å²) in [5.41, 5.74) is 1.86. The van der Waals surface area contributed by atoms with Crippen LogP contribution in [0.15, 0.2) is 53.1 Å². The van der Waals surface area contributed by atoms with E-state index in [1.165, 1.54) is 0 Å². The summed E-state index contributed by atoms with van der Waals surface area (Å²) in [7, 11) is 1.60. The number of aromatic nitrogens is 1. The van der Waals surface area contributed by atoms with Crippen LogP contribution in [0.4, 0.5) is 0 Å². The van der Waals surface area contributed by atoms with Gasteiger partial charge in [-0.25, -0.2) is 0 Å². The van der Waals surface area contributed by atoms with Crippen molar-refractivity contribution in [2.45, 2.75) is 31.8 Å². The van der Waals surface area contributed by atoms with E-state index in [1.807, 2.05) is 42.5 Å². The van der Waals surface area contributed by atoms with Crippen LogP contribution in [0, 0.1) is 0 Å². The van der Waals surface area contributed by atoms with Gasteiger partial charge in [-0.15, -0.1) is 0 Å². The van der Waals surface area contributed by atoms with Gasteiger partial charge in [-0.1, -0.05) is 11.2 Å². The summed E-state index contributed by atoms with van der Waals surface area (Å²) >= 11 is 0. The van der Waals surface area contributed by atoms with E-state index in [-0.39, 0.29) is 24.3 Å².